The molecule has 8 heteroatoms. The third-order valence-electron chi connectivity index (χ3n) is 4.90. The zero-order valence-corrected chi connectivity index (χ0v) is 18.9. The molecule has 2 N–H and O–H groups in total. The topological polar surface area (TPSA) is 72.7 Å². The van der Waals surface area contributed by atoms with E-state index in [9.17, 15) is 4.39 Å². The van der Waals surface area contributed by atoms with Crippen LogP contribution in [0.3, 0.4) is 0 Å². The zero-order valence-electron chi connectivity index (χ0n) is 18.9. The van der Waals surface area contributed by atoms with Gasteiger partial charge in [-0.15, -0.1) is 0 Å². The van der Waals surface area contributed by atoms with E-state index in [-0.39, 0.29) is 11.9 Å². The van der Waals surface area contributed by atoms with Crippen LogP contribution in [0.4, 0.5) is 4.39 Å². The second kappa shape index (κ2) is 11.2. The number of aliphatic imine (C=N–C) groups is 1. The molecule has 1 aromatic heterocycles. The number of nitrogens with one attached hydrogen (secondary N) is 2. The van der Waals surface area contributed by atoms with E-state index in [1.165, 1.54) is 6.07 Å². The molecule has 0 aliphatic rings. The largest absolute Gasteiger partial charge is 0.490 e. The molecule has 3 rings (SSSR count). The van der Waals surface area contributed by atoms with Gasteiger partial charge in [0.25, 0.3) is 0 Å². The molecular formula is C24H30FN5O2. The van der Waals surface area contributed by atoms with Crippen LogP contribution in [0.15, 0.2) is 60.1 Å². The summed E-state index contributed by atoms with van der Waals surface area (Å²) in [6.45, 7) is 7.50. The molecule has 1 unspecified atom stereocenters. The van der Waals surface area contributed by atoms with Crippen molar-refractivity contribution in [1.29, 1.82) is 0 Å². The van der Waals surface area contributed by atoms with Crippen LogP contribution in [0.5, 0.6) is 11.5 Å². The van der Waals surface area contributed by atoms with Gasteiger partial charge in [0, 0.05) is 26.0 Å². The first kappa shape index (κ1) is 23.1. The van der Waals surface area contributed by atoms with Crippen molar-refractivity contribution in [2.75, 3.05) is 20.3 Å². The highest BCUT2D eigenvalue weighted by Crippen LogP contribution is 2.30. The van der Waals surface area contributed by atoms with Crippen LogP contribution in [0.25, 0.3) is 5.69 Å². The summed E-state index contributed by atoms with van der Waals surface area (Å²) in [6, 6.07) is 11.0. The molecule has 0 saturated heterocycles. The van der Waals surface area contributed by atoms with Gasteiger partial charge in [-0.3, -0.25) is 4.99 Å². The first-order valence-corrected chi connectivity index (χ1v) is 10.7. The van der Waals surface area contributed by atoms with E-state index >= 15 is 0 Å². The third kappa shape index (κ3) is 5.78. The fourth-order valence-electron chi connectivity index (χ4n) is 3.28. The summed E-state index contributed by atoms with van der Waals surface area (Å²) < 4.78 is 27.5. The number of rotatable bonds is 9. The number of hydrogen-bond acceptors (Lipinski definition) is 4. The van der Waals surface area contributed by atoms with E-state index in [1.807, 2.05) is 45.0 Å². The van der Waals surface area contributed by atoms with Gasteiger partial charge in [-0.25, -0.2) is 9.37 Å². The molecule has 0 aliphatic heterocycles. The highest BCUT2D eigenvalue weighted by atomic mass is 19.1. The van der Waals surface area contributed by atoms with Crippen LogP contribution in [-0.4, -0.2) is 35.8 Å². The average Bonchev–Trinajstić information content (AvgIpc) is 3.32. The summed E-state index contributed by atoms with van der Waals surface area (Å²) in [5.41, 5.74) is 2.31. The minimum absolute atomic E-state index is 0.0311. The van der Waals surface area contributed by atoms with Gasteiger partial charge in [0.05, 0.1) is 31.3 Å². The number of imidazole rings is 1. The molecule has 0 radical (unpaired) electrons. The van der Waals surface area contributed by atoms with Crippen LogP contribution in [0.2, 0.25) is 0 Å². The van der Waals surface area contributed by atoms with Crippen molar-refractivity contribution in [3.63, 3.8) is 0 Å². The number of halogens is 1. The monoisotopic (exact) mass is 439 g/mol. The predicted octanol–water partition coefficient (Wildman–Crippen LogP) is 4.24. The molecular weight excluding hydrogens is 409 g/mol. The van der Waals surface area contributed by atoms with E-state index in [0.717, 1.165) is 22.6 Å². The van der Waals surface area contributed by atoms with Gasteiger partial charge in [-0.05, 0) is 56.2 Å². The Labute approximate surface area is 188 Å². The molecule has 0 saturated carbocycles. The van der Waals surface area contributed by atoms with Crippen LogP contribution < -0.4 is 20.1 Å². The number of aromatic nitrogens is 2. The molecule has 3 aromatic rings. The van der Waals surface area contributed by atoms with Crippen LogP contribution in [0.1, 0.15) is 37.9 Å². The first-order valence-electron chi connectivity index (χ1n) is 10.7. The van der Waals surface area contributed by atoms with Gasteiger partial charge < -0.3 is 24.7 Å². The van der Waals surface area contributed by atoms with Crippen LogP contribution in [0, 0.1) is 5.82 Å². The van der Waals surface area contributed by atoms with Gasteiger partial charge in [0.1, 0.15) is 5.82 Å². The van der Waals surface area contributed by atoms with E-state index in [2.05, 4.69) is 20.6 Å². The number of hydrogen-bond donors (Lipinski definition) is 2. The number of ether oxygens (including phenoxy) is 2. The lowest BCUT2D eigenvalue weighted by molar-refractivity contribution is 0.287. The van der Waals surface area contributed by atoms with E-state index < -0.39 is 0 Å². The van der Waals surface area contributed by atoms with Gasteiger partial charge in [-0.1, -0.05) is 12.1 Å². The molecule has 0 bridgehead atoms. The van der Waals surface area contributed by atoms with Crippen molar-refractivity contribution in [2.24, 2.45) is 4.99 Å². The molecule has 0 amide bonds. The van der Waals surface area contributed by atoms with E-state index in [1.54, 1.807) is 36.4 Å². The fraction of sp³-hybridized carbons (Fsp3) is 0.333. The predicted molar refractivity (Wildman–Crippen MR) is 124 cm³/mol. The Morgan fingerprint density at radius 1 is 1.12 bits per heavy atom. The molecule has 0 fully saturated rings. The maximum atomic E-state index is 14.5. The highest BCUT2D eigenvalue weighted by molar-refractivity contribution is 5.80. The lowest BCUT2D eigenvalue weighted by Crippen LogP contribution is -2.38. The molecule has 1 atom stereocenters. The number of guanidine groups is 1. The highest BCUT2D eigenvalue weighted by Gasteiger charge is 2.13. The van der Waals surface area contributed by atoms with Crippen molar-refractivity contribution in [3.8, 4) is 17.2 Å². The minimum atomic E-state index is -0.309. The SMILES string of the molecule is CCOc1ccc(C(C)NC(=NC)NCc2ccc(-n3ccnc3)c(F)c2)cc1OCC. The molecule has 0 spiro atoms. The number of nitrogens with zero attached hydrogens (tertiary/aromatic N) is 3. The Morgan fingerprint density at radius 2 is 1.91 bits per heavy atom. The molecule has 2 aromatic carbocycles. The van der Waals surface area contributed by atoms with Crippen LogP contribution in [-0.2, 0) is 6.54 Å². The Balaban J connectivity index is 1.63. The van der Waals surface area contributed by atoms with Crippen molar-refractivity contribution >= 4 is 5.96 Å². The molecule has 170 valence electrons. The lowest BCUT2D eigenvalue weighted by Gasteiger charge is -2.20. The summed E-state index contributed by atoms with van der Waals surface area (Å²) in [5, 5.41) is 6.60. The second-order valence-electron chi connectivity index (χ2n) is 7.12. The lowest BCUT2D eigenvalue weighted by atomic mass is 10.1. The van der Waals surface area contributed by atoms with Gasteiger partial charge in [0.2, 0.25) is 0 Å². The third-order valence-corrected chi connectivity index (χ3v) is 4.90. The van der Waals surface area contributed by atoms with Gasteiger partial charge in [0.15, 0.2) is 17.5 Å². The molecule has 32 heavy (non-hydrogen) atoms. The van der Waals surface area contributed by atoms with Gasteiger partial charge >= 0.3 is 0 Å². The first-order chi connectivity index (χ1) is 15.5. The maximum absolute atomic E-state index is 14.5. The normalized spacial score (nSPS) is 12.3. The van der Waals surface area contributed by atoms with Crippen molar-refractivity contribution in [1.82, 2.24) is 20.2 Å². The van der Waals surface area contributed by atoms with Crippen molar-refractivity contribution in [3.05, 3.63) is 72.1 Å². The quantitative estimate of drug-likeness (QED) is 0.386. The number of benzene rings is 2. The molecule has 1 heterocycles. The standard InChI is InChI=1S/C24H30FN5O2/c1-5-31-22-10-8-19(14-23(22)32-6-2)17(3)29-24(26-4)28-15-18-7-9-21(20(25)13-18)30-12-11-27-16-30/h7-14,16-17H,5-6,15H2,1-4H3,(H2,26,28,29). The summed E-state index contributed by atoms with van der Waals surface area (Å²) in [7, 11) is 1.70. The summed E-state index contributed by atoms with van der Waals surface area (Å²) >= 11 is 0. The summed E-state index contributed by atoms with van der Waals surface area (Å²) in [6.07, 6.45) is 4.90. The summed E-state index contributed by atoms with van der Waals surface area (Å²) in [4.78, 5) is 8.25. The Bertz CT molecular complexity index is 1040. The van der Waals surface area contributed by atoms with E-state index in [0.29, 0.717) is 31.4 Å². The Kier molecular flexibility index (Phi) is 8.08. The van der Waals surface area contributed by atoms with E-state index in [4.69, 9.17) is 9.47 Å². The van der Waals surface area contributed by atoms with Crippen LogP contribution >= 0.6 is 0 Å². The zero-order chi connectivity index (χ0) is 22.9. The Morgan fingerprint density at radius 3 is 2.56 bits per heavy atom. The maximum Gasteiger partial charge on any atom is 0.191 e. The smallest absolute Gasteiger partial charge is 0.191 e. The average molecular weight is 440 g/mol. The minimum Gasteiger partial charge on any atom is -0.490 e. The Hall–Kier alpha value is -3.55. The van der Waals surface area contributed by atoms with Crippen molar-refractivity contribution in [2.45, 2.75) is 33.4 Å². The van der Waals surface area contributed by atoms with Crippen molar-refractivity contribution < 1.29 is 13.9 Å². The summed E-state index contributed by atoms with van der Waals surface area (Å²) in [5.74, 6) is 1.76. The van der Waals surface area contributed by atoms with Gasteiger partial charge in [-0.2, -0.15) is 0 Å². The molecule has 0 aliphatic carbocycles. The molecule has 7 nitrogen and oxygen atoms in total. The fourth-order valence-corrected chi connectivity index (χ4v) is 3.28. The second-order valence-corrected chi connectivity index (χ2v) is 7.12.